The summed E-state index contributed by atoms with van der Waals surface area (Å²) in [5, 5.41) is 2.25. The van der Waals surface area contributed by atoms with Crippen molar-refractivity contribution in [3.05, 3.63) is 59.2 Å². The highest BCUT2D eigenvalue weighted by molar-refractivity contribution is 7.89. The third kappa shape index (κ3) is 5.49. The molecule has 3 rings (SSSR count). The topological polar surface area (TPSA) is 86.8 Å². The number of hydrogen-bond donors (Lipinski definition) is 1. The van der Waals surface area contributed by atoms with Crippen molar-refractivity contribution in [2.45, 2.75) is 31.6 Å². The SMILES string of the molecule is Cc1ccc(C)c(S(=O)(=O)N2CCN(C(=O)CCC(=O)Nc3cc(F)ccc3F)CC2)c1. The smallest absolute Gasteiger partial charge is 0.243 e. The predicted octanol–water partition coefficient (Wildman–Crippen LogP) is 2.83. The van der Waals surface area contributed by atoms with Gasteiger partial charge < -0.3 is 10.2 Å². The molecule has 2 aromatic rings. The van der Waals surface area contributed by atoms with E-state index in [0.717, 1.165) is 23.8 Å². The molecule has 0 radical (unpaired) electrons. The van der Waals surface area contributed by atoms with E-state index in [1.54, 1.807) is 19.1 Å². The fraction of sp³-hybridized carbons (Fsp3) is 0.364. The number of hydrogen-bond acceptors (Lipinski definition) is 4. The summed E-state index contributed by atoms with van der Waals surface area (Å²) >= 11 is 0. The van der Waals surface area contributed by atoms with Crippen LogP contribution in [0.2, 0.25) is 0 Å². The molecule has 1 fully saturated rings. The van der Waals surface area contributed by atoms with Crippen LogP contribution in [0, 0.1) is 25.5 Å². The Morgan fingerprint density at radius 3 is 2.34 bits per heavy atom. The minimum Gasteiger partial charge on any atom is -0.340 e. The summed E-state index contributed by atoms with van der Waals surface area (Å²) in [5.74, 6) is -2.37. The van der Waals surface area contributed by atoms with Crippen molar-refractivity contribution in [2.24, 2.45) is 0 Å². The molecule has 1 heterocycles. The predicted molar refractivity (Wildman–Crippen MR) is 115 cm³/mol. The molecule has 172 valence electrons. The largest absolute Gasteiger partial charge is 0.340 e. The Morgan fingerprint density at radius 1 is 0.969 bits per heavy atom. The number of piperazine rings is 1. The Balaban J connectivity index is 1.52. The second kappa shape index (κ2) is 9.74. The van der Waals surface area contributed by atoms with Crippen LogP contribution in [0.3, 0.4) is 0 Å². The molecule has 10 heteroatoms. The summed E-state index contributed by atoms with van der Waals surface area (Å²) in [6.07, 6.45) is -0.317. The fourth-order valence-corrected chi connectivity index (χ4v) is 5.22. The first-order valence-electron chi connectivity index (χ1n) is 10.2. The Morgan fingerprint density at radius 2 is 1.66 bits per heavy atom. The molecule has 0 spiro atoms. The zero-order valence-electron chi connectivity index (χ0n) is 17.9. The van der Waals surface area contributed by atoms with Crippen molar-refractivity contribution in [3.8, 4) is 0 Å². The van der Waals surface area contributed by atoms with Crippen LogP contribution in [0.25, 0.3) is 0 Å². The molecule has 2 aromatic carbocycles. The van der Waals surface area contributed by atoms with Crippen molar-refractivity contribution in [1.82, 2.24) is 9.21 Å². The van der Waals surface area contributed by atoms with Gasteiger partial charge in [-0.3, -0.25) is 9.59 Å². The number of aryl methyl sites for hydroxylation is 2. The highest BCUT2D eigenvalue weighted by Crippen LogP contribution is 2.23. The molecular weight excluding hydrogens is 440 g/mol. The van der Waals surface area contributed by atoms with E-state index in [9.17, 15) is 26.8 Å². The molecule has 0 saturated carbocycles. The summed E-state index contributed by atoms with van der Waals surface area (Å²) in [5.41, 5.74) is 1.22. The van der Waals surface area contributed by atoms with E-state index in [4.69, 9.17) is 0 Å². The monoisotopic (exact) mass is 465 g/mol. The van der Waals surface area contributed by atoms with E-state index in [1.165, 1.54) is 9.21 Å². The van der Waals surface area contributed by atoms with E-state index in [2.05, 4.69) is 5.32 Å². The number of nitrogens with one attached hydrogen (secondary N) is 1. The lowest BCUT2D eigenvalue weighted by atomic mass is 10.2. The quantitative estimate of drug-likeness (QED) is 0.711. The van der Waals surface area contributed by atoms with E-state index in [0.29, 0.717) is 5.56 Å². The van der Waals surface area contributed by atoms with E-state index < -0.39 is 27.6 Å². The lowest BCUT2D eigenvalue weighted by Crippen LogP contribution is -2.50. The van der Waals surface area contributed by atoms with Crippen LogP contribution in [0.15, 0.2) is 41.3 Å². The van der Waals surface area contributed by atoms with Crippen molar-refractivity contribution in [1.29, 1.82) is 0 Å². The second-order valence-corrected chi connectivity index (χ2v) is 9.63. The van der Waals surface area contributed by atoms with Crippen molar-refractivity contribution in [3.63, 3.8) is 0 Å². The van der Waals surface area contributed by atoms with Gasteiger partial charge in [-0.2, -0.15) is 4.31 Å². The number of amides is 2. The zero-order valence-corrected chi connectivity index (χ0v) is 18.7. The summed E-state index contributed by atoms with van der Waals surface area (Å²) < 4.78 is 54.1. The molecule has 1 N–H and O–H groups in total. The summed E-state index contributed by atoms with van der Waals surface area (Å²) in [7, 11) is -3.67. The van der Waals surface area contributed by atoms with Crippen LogP contribution in [-0.4, -0.2) is 55.6 Å². The number of rotatable bonds is 6. The normalized spacial score (nSPS) is 14.9. The number of halogens is 2. The molecule has 0 aromatic heterocycles. The number of sulfonamides is 1. The summed E-state index contributed by atoms with van der Waals surface area (Å²) in [4.78, 5) is 26.2. The van der Waals surface area contributed by atoms with Crippen LogP contribution in [0.1, 0.15) is 24.0 Å². The van der Waals surface area contributed by atoms with Gasteiger partial charge in [-0.25, -0.2) is 17.2 Å². The van der Waals surface area contributed by atoms with Crippen LogP contribution in [0.4, 0.5) is 14.5 Å². The molecule has 32 heavy (non-hydrogen) atoms. The van der Waals surface area contributed by atoms with Crippen LogP contribution in [0.5, 0.6) is 0 Å². The Kier molecular flexibility index (Phi) is 7.25. The van der Waals surface area contributed by atoms with Gasteiger partial charge in [0, 0.05) is 45.1 Å². The van der Waals surface area contributed by atoms with Gasteiger partial charge >= 0.3 is 0 Å². The zero-order chi connectivity index (χ0) is 23.5. The molecule has 2 amide bonds. The molecule has 0 unspecified atom stereocenters. The first kappa shape index (κ1) is 23.8. The van der Waals surface area contributed by atoms with E-state index in [1.807, 2.05) is 13.0 Å². The van der Waals surface area contributed by atoms with Crippen LogP contribution >= 0.6 is 0 Å². The summed E-state index contributed by atoms with van der Waals surface area (Å²) in [6.45, 7) is 4.30. The highest BCUT2D eigenvalue weighted by Gasteiger charge is 2.31. The maximum absolute atomic E-state index is 13.6. The first-order valence-corrected chi connectivity index (χ1v) is 11.6. The van der Waals surface area contributed by atoms with Crippen LogP contribution in [-0.2, 0) is 19.6 Å². The third-order valence-electron chi connectivity index (χ3n) is 5.32. The van der Waals surface area contributed by atoms with Gasteiger partial charge in [0.15, 0.2) is 0 Å². The standard InChI is InChI=1S/C22H25F2N3O4S/c1-15-3-4-16(2)20(13-15)32(30,31)27-11-9-26(10-12-27)22(29)8-7-21(28)25-19-14-17(23)5-6-18(19)24/h3-6,13-14H,7-12H2,1-2H3,(H,25,28). The first-order chi connectivity index (χ1) is 15.1. The van der Waals surface area contributed by atoms with Gasteiger partial charge in [0.1, 0.15) is 11.6 Å². The van der Waals surface area contributed by atoms with Gasteiger partial charge in [0.25, 0.3) is 0 Å². The molecule has 0 bridgehead atoms. The Hall–Kier alpha value is -2.85. The molecule has 1 aliphatic rings. The maximum Gasteiger partial charge on any atom is 0.243 e. The highest BCUT2D eigenvalue weighted by atomic mass is 32.2. The number of benzene rings is 2. The maximum atomic E-state index is 13.6. The average Bonchev–Trinajstić information content (AvgIpc) is 2.76. The molecule has 1 aliphatic heterocycles. The van der Waals surface area contributed by atoms with Crippen LogP contribution < -0.4 is 5.32 Å². The Labute approximate surface area is 186 Å². The second-order valence-electron chi connectivity index (χ2n) is 7.73. The minimum atomic E-state index is -3.67. The van der Waals surface area contributed by atoms with Gasteiger partial charge in [-0.1, -0.05) is 12.1 Å². The number of carbonyl (C=O) groups excluding carboxylic acids is 2. The number of anilines is 1. The van der Waals surface area contributed by atoms with Gasteiger partial charge in [0.05, 0.1) is 10.6 Å². The summed E-state index contributed by atoms with van der Waals surface area (Å²) in [6, 6.07) is 7.97. The number of nitrogens with zero attached hydrogens (tertiary/aromatic N) is 2. The molecule has 0 aliphatic carbocycles. The molecule has 0 atom stereocenters. The Bertz CT molecular complexity index is 1130. The molecular formula is C22H25F2N3O4S. The fourth-order valence-electron chi connectivity index (χ4n) is 3.49. The van der Waals surface area contributed by atoms with Gasteiger partial charge in [-0.15, -0.1) is 0 Å². The van der Waals surface area contributed by atoms with Gasteiger partial charge in [0.2, 0.25) is 21.8 Å². The van der Waals surface area contributed by atoms with Crippen molar-refractivity contribution in [2.75, 3.05) is 31.5 Å². The average molecular weight is 466 g/mol. The lowest BCUT2D eigenvalue weighted by Gasteiger charge is -2.34. The lowest BCUT2D eigenvalue weighted by molar-refractivity contribution is -0.133. The van der Waals surface area contributed by atoms with Gasteiger partial charge in [-0.05, 0) is 43.2 Å². The van der Waals surface area contributed by atoms with E-state index in [-0.39, 0.29) is 55.5 Å². The third-order valence-corrected chi connectivity index (χ3v) is 7.36. The minimum absolute atomic E-state index is 0.119. The molecule has 1 saturated heterocycles. The van der Waals surface area contributed by atoms with Crippen molar-refractivity contribution >= 4 is 27.5 Å². The number of carbonyl (C=O) groups is 2. The van der Waals surface area contributed by atoms with E-state index >= 15 is 0 Å². The van der Waals surface area contributed by atoms with Crippen molar-refractivity contribution < 1.29 is 26.8 Å². The molecule has 7 nitrogen and oxygen atoms in total.